The fourth-order valence-electron chi connectivity index (χ4n) is 3.21. The molecule has 0 radical (unpaired) electrons. The number of aliphatic hydroxyl groups excluding tert-OH is 1. The zero-order chi connectivity index (χ0) is 23.5. The summed E-state index contributed by atoms with van der Waals surface area (Å²) in [4.78, 5) is 29.3. The van der Waals surface area contributed by atoms with Crippen molar-refractivity contribution in [2.75, 3.05) is 40.5 Å². The van der Waals surface area contributed by atoms with E-state index in [-0.39, 0.29) is 17.7 Å². The highest BCUT2D eigenvalue weighted by Gasteiger charge is 2.27. The van der Waals surface area contributed by atoms with E-state index in [0.717, 1.165) is 17.9 Å². The van der Waals surface area contributed by atoms with Crippen molar-refractivity contribution in [3.63, 3.8) is 0 Å². The average Bonchev–Trinajstić information content (AvgIpc) is 2.77. The second kappa shape index (κ2) is 12.8. The Morgan fingerprint density at radius 1 is 1.03 bits per heavy atom. The number of nitrogens with zero attached hydrogens (tertiary/aromatic N) is 2. The van der Waals surface area contributed by atoms with Gasteiger partial charge in [0.1, 0.15) is 25.1 Å². The molecule has 7 heteroatoms. The second-order valence-electron chi connectivity index (χ2n) is 8.49. The number of rotatable bonds is 12. The number of aliphatic hydroxyl groups is 1. The van der Waals surface area contributed by atoms with Crippen LogP contribution in [-0.2, 0) is 11.2 Å². The normalized spacial score (nSPS) is 12.0. The van der Waals surface area contributed by atoms with E-state index in [0.29, 0.717) is 25.1 Å². The van der Waals surface area contributed by atoms with Crippen molar-refractivity contribution in [2.24, 2.45) is 5.92 Å². The van der Waals surface area contributed by atoms with Crippen LogP contribution in [0.4, 0.5) is 0 Å². The van der Waals surface area contributed by atoms with Crippen molar-refractivity contribution in [3.8, 4) is 5.75 Å². The van der Waals surface area contributed by atoms with Crippen LogP contribution in [0.1, 0.15) is 29.8 Å². The minimum atomic E-state index is -0.797. The highest BCUT2D eigenvalue weighted by Crippen LogP contribution is 2.15. The lowest BCUT2D eigenvalue weighted by molar-refractivity contribution is -0.137. The second-order valence-corrected chi connectivity index (χ2v) is 8.49. The smallest absolute Gasteiger partial charge is 0.251 e. The number of ether oxygens (including phenoxy) is 1. The SMILES string of the molecule is CC(C)CN(CO)C(=O)[C@H](Cc1ccc(OCCN(C)C)cc1)NC(=O)c1ccccc1. The third-order valence-electron chi connectivity index (χ3n) is 4.88. The van der Waals surface area contributed by atoms with E-state index in [9.17, 15) is 14.7 Å². The molecular weight excluding hydrogens is 406 g/mol. The molecule has 0 unspecified atom stereocenters. The van der Waals surface area contributed by atoms with Gasteiger partial charge in [0, 0.05) is 25.1 Å². The summed E-state index contributed by atoms with van der Waals surface area (Å²) in [6.07, 6.45) is 0.310. The maximum Gasteiger partial charge on any atom is 0.251 e. The summed E-state index contributed by atoms with van der Waals surface area (Å²) in [7, 11) is 3.98. The summed E-state index contributed by atoms with van der Waals surface area (Å²) in [5.74, 6) is 0.311. The van der Waals surface area contributed by atoms with E-state index in [1.54, 1.807) is 24.3 Å². The molecule has 0 bridgehead atoms. The van der Waals surface area contributed by atoms with Crippen LogP contribution in [0.2, 0.25) is 0 Å². The number of nitrogens with one attached hydrogen (secondary N) is 1. The largest absolute Gasteiger partial charge is 0.492 e. The molecule has 0 aliphatic rings. The van der Waals surface area contributed by atoms with Crippen molar-refractivity contribution < 1.29 is 19.4 Å². The summed E-state index contributed by atoms with van der Waals surface area (Å²) in [5.41, 5.74) is 1.37. The molecule has 2 rings (SSSR count). The van der Waals surface area contributed by atoms with Crippen LogP contribution in [0.5, 0.6) is 5.75 Å². The molecule has 2 N–H and O–H groups in total. The van der Waals surface area contributed by atoms with Crippen molar-refractivity contribution >= 4 is 11.8 Å². The molecule has 0 aromatic heterocycles. The van der Waals surface area contributed by atoms with Gasteiger partial charge in [0.25, 0.3) is 5.91 Å². The Bertz CT molecular complexity index is 838. The molecule has 0 saturated heterocycles. The minimum Gasteiger partial charge on any atom is -0.492 e. The Morgan fingerprint density at radius 2 is 1.69 bits per heavy atom. The molecule has 0 fully saturated rings. The summed E-state index contributed by atoms with van der Waals surface area (Å²) >= 11 is 0. The zero-order valence-electron chi connectivity index (χ0n) is 19.5. The van der Waals surface area contributed by atoms with Crippen LogP contribution >= 0.6 is 0 Å². The van der Waals surface area contributed by atoms with E-state index in [4.69, 9.17) is 4.74 Å². The predicted molar refractivity (Wildman–Crippen MR) is 126 cm³/mol. The molecule has 0 aliphatic heterocycles. The molecular formula is C25H35N3O4. The molecule has 7 nitrogen and oxygen atoms in total. The van der Waals surface area contributed by atoms with Crippen LogP contribution in [0.3, 0.4) is 0 Å². The maximum atomic E-state index is 13.2. The first kappa shape index (κ1) is 25.4. The molecule has 0 spiro atoms. The van der Waals surface area contributed by atoms with Crippen LogP contribution in [0.15, 0.2) is 54.6 Å². The van der Waals surface area contributed by atoms with Crippen LogP contribution in [0.25, 0.3) is 0 Å². The van der Waals surface area contributed by atoms with Crippen LogP contribution < -0.4 is 10.1 Å². The summed E-state index contributed by atoms with van der Waals surface area (Å²) in [6.45, 7) is 5.36. The number of amides is 2. The number of hydrogen-bond acceptors (Lipinski definition) is 5. The van der Waals surface area contributed by atoms with Gasteiger partial charge in [-0.1, -0.05) is 44.2 Å². The van der Waals surface area contributed by atoms with Gasteiger partial charge in [-0.15, -0.1) is 0 Å². The van der Waals surface area contributed by atoms with Gasteiger partial charge >= 0.3 is 0 Å². The molecule has 174 valence electrons. The molecule has 1 atom stereocenters. The molecule has 0 saturated carbocycles. The van der Waals surface area contributed by atoms with Crippen molar-refractivity contribution in [3.05, 3.63) is 65.7 Å². The fraction of sp³-hybridized carbons (Fsp3) is 0.440. The van der Waals surface area contributed by atoms with E-state index >= 15 is 0 Å². The van der Waals surface area contributed by atoms with Crippen LogP contribution in [0, 0.1) is 5.92 Å². The lowest BCUT2D eigenvalue weighted by atomic mass is 10.0. The first-order chi connectivity index (χ1) is 15.3. The molecule has 2 aromatic rings. The molecule has 32 heavy (non-hydrogen) atoms. The Hall–Kier alpha value is -2.90. The zero-order valence-corrected chi connectivity index (χ0v) is 19.5. The summed E-state index contributed by atoms with van der Waals surface area (Å²) in [5, 5.41) is 12.6. The lowest BCUT2D eigenvalue weighted by Gasteiger charge is -2.27. The van der Waals surface area contributed by atoms with Crippen molar-refractivity contribution in [2.45, 2.75) is 26.3 Å². The molecule has 2 aromatic carbocycles. The number of carbonyl (C=O) groups is 2. The summed E-state index contributed by atoms with van der Waals surface area (Å²) < 4.78 is 5.73. The molecule has 0 heterocycles. The predicted octanol–water partition coefficient (Wildman–Crippen LogP) is 2.40. The Kier molecular flexibility index (Phi) is 10.2. The maximum absolute atomic E-state index is 13.2. The number of hydrogen-bond donors (Lipinski definition) is 2. The van der Waals surface area contributed by atoms with E-state index < -0.39 is 12.8 Å². The Morgan fingerprint density at radius 3 is 2.25 bits per heavy atom. The van der Waals surface area contributed by atoms with Gasteiger partial charge in [0.05, 0.1) is 0 Å². The minimum absolute atomic E-state index is 0.190. The van der Waals surface area contributed by atoms with Gasteiger partial charge in [-0.3, -0.25) is 9.59 Å². The quantitative estimate of drug-likeness (QED) is 0.495. The summed E-state index contributed by atoms with van der Waals surface area (Å²) in [6, 6.07) is 15.5. The highest BCUT2D eigenvalue weighted by molar-refractivity contribution is 5.97. The van der Waals surface area contributed by atoms with Gasteiger partial charge < -0.3 is 25.0 Å². The van der Waals surface area contributed by atoms with Gasteiger partial charge in [0.15, 0.2) is 0 Å². The van der Waals surface area contributed by atoms with E-state index in [2.05, 4.69) is 5.32 Å². The Labute approximate surface area is 191 Å². The number of carbonyl (C=O) groups excluding carboxylic acids is 2. The number of benzene rings is 2. The topological polar surface area (TPSA) is 82.1 Å². The standard InChI is InChI=1S/C25H35N3O4/c1-19(2)17-28(18-29)25(31)23(26-24(30)21-8-6-5-7-9-21)16-20-10-12-22(13-11-20)32-15-14-27(3)4/h5-13,19,23,29H,14-18H2,1-4H3,(H,26,30)/t23-/m0/s1. The first-order valence-corrected chi connectivity index (χ1v) is 10.9. The van der Waals surface area contributed by atoms with E-state index in [1.165, 1.54) is 4.90 Å². The van der Waals surface area contributed by atoms with Gasteiger partial charge in [-0.2, -0.15) is 0 Å². The third kappa shape index (κ3) is 8.32. The van der Waals surface area contributed by atoms with Gasteiger partial charge in [0.2, 0.25) is 5.91 Å². The molecule has 0 aliphatic carbocycles. The lowest BCUT2D eigenvalue weighted by Crippen LogP contribution is -2.50. The van der Waals surface area contributed by atoms with Gasteiger partial charge in [-0.05, 0) is 49.8 Å². The van der Waals surface area contributed by atoms with Crippen molar-refractivity contribution in [1.82, 2.24) is 15.1 Å². The first-order valence-electron chi connectivity index (χ1n) is 10.9. The van der Waals surface area contributed by atoms with Crippen molar-refractivity contribution in [1.29, 1.82) is 0 Å². The van der Waals surface area contributed by atoms with Gasteiger partial charge in [-0.25, -0.2) is 0 Å². The fourth-order valence-corrected chi connectivity index (χ4v) is 3.21. The molecule has 2 amide bonds. The number of likely N-dealkylation sites (N-methyl/N-ethyl adjacent to an activating group) is 1. The highest BCUT2D eigenvalue weighted by atomic mass is 16.5. The van der Waals surface area contributed by atoms with Crippen LogP contribution in [-0.4, -0.2) is 73.3 Å². The average molecular weight is 442 g/mol. The third-order valence-corrected chi connectivity index (χ3v) is 4.88. The Balaban J connectivity index is 2.14. The van der Waals surface area contributed by atoms with E-state index in [1.807, 2.05) is 63.2 Å². The monoisotopic (exact) mass is 441 g/mol.